The van der Waals surface area contributed by atoms with E-state index >= 15 is 0 Å². The summed E-state index contributed by atoms with van der Waals surface area (Å²) in [6.45, 7) is 0. The Bertz CT molecular complexity index is 1090. The molecule has 0 aromatic heterocycles. The van der Waals surface area contributed by atoms with Gasteiger partial charge in [-0.1, -0.05) is 41.4 Å². The fraction of sp³-hybridized carbons (Fsp3) is 0. The zero-order chi connectivity index (χ0) is 18.9. The molecule has 0 radical (unpaired) electrons. The third kappa shape index (κ3) is 3.82. The molecule has 0 saturated heterocycles. The van der Waals surface area contributed by atoms with Crippen molar-refractivity contribution in [2.75, 3.05) is 4.72 Å². The van der Waals surface area contributed by atoms with Gasteiger partial charge < -0.3 is 0 Å². The van der Waals surface area contributed by atoms with Crippen molar-refractivity contribution in [3.8, 4) is 11.1 Å². The summed E-state index contributed by atoms with van der Waals surface area (Å²) in [5, 5.41) is 0.312. The zero-order valence-electron chi connectivity index (χ0n) is 13.0. The lowest BCUT2D eigenvalue weighted by Crippen LogP contribution is -2.13. The van der Waals surface area contributed by atoms with Gasteiger partial charge in [-0.25, -0.2) is 17.2 Å². The first-order chi connectivity index (χ1) is 12.3. The Balaban J connectivity index is 2.04. The number of anilines is 1. The second kappa shape index (κ2) is 7.23. The fourth-order valence-electron chi connectivity index (χ4n) is 2.36. The quantitative estimate of drug-likeness (QED) is 0.592. The SMILES string of the molecule is O=S(=O)(Nc1ccccc1-c1ccc(F)cc1F)c1ccc(Cl)c(Cl)c1. The second-order valence-corrected chi connectivity index (χ2v) is 7.85. The first-order valence-electron chi connectivity index (χ1n) is 7.30. The van der Waals surface area contributed by atoms with Crippen LogP contribution in [0.3, 0.4) is 0 Å². The lowest BCUT2D eigenvalue weighted by Gasteiger charge is -2.14. The maximum absolute atomic E-state index is 14.1. The molecule has 0 aliphatic carbocycles. The van der Waals surface area contributed by atoms with E-state index in [4.69, 9.17) is 23.2 Å². The first kappa shape index (κ1) is 18.6. The Labute approximate surface area is 159 Å². The van der Waals surface area contributed by atoms with E-state index in [1.807, 2.05) is 0 Å². The molecule has 0 bridgehead atoms. The van der Waals surface area contributed by atoms with Crippen LogP contribution >= 0.6 is 23.2 Å². The summed E-state index contributed by atoms with van der Waals surface area (Å²) >= 11 is 11.7. The standard InChI is InChI=1S/C18H11Cl2F2NO2S/c19-15-8-6-12(10-16(15)20)26(24,25)23-18-4-2-1-3-14(18)13-7-5-11(21)9-17(13)22/h1-10,23H. The summed E-state index contributed by atoms with van der Waals surface area (Å²) < 4.78 is 54.9. The van der Waals surface area contributed by atoms with Gasteiger partial charge in [-0.05, 0) is 36.4 Å². The Hall–Kier alpha value is -2.15. The summed E-state index contributed by atoms with van der Waals surface area (Å²) in [6.07, 6.45) is 0. The molecule has 0 aliphatic rings. The lowest BCUT2D eigenvalue weighted by molar-refractivity contribution is 0.585. The molecule has 3 aromatic carbocycles. The molecule has 0 heterocycles. The minimum absolute atomic E-state index is 0.0684. The van der Waals surface area contributed by atoms with E-state index in [9.17, 15) is 17.2 Å². The largest absolute Gasteiger partial charge is 0.279 e. The number of hydrogen-bond acceptors (Lipinski definition) is 2. The summed E-state index contributed by atoms with van der Waals surface area (Å²) in [4.78, 5) is -0.0960. The van der Waals surface area contributed by atoms with Crippen molar-refractivity contribution >= 4 is 38.9 Å². The maximum atomic E-state index is 14.1. The van der Waals surface area contributed by atoms with Crippen molar-refractivity contribution < 1.29 is 17.2 Å². The Kier molecular flexibility index (Phi) is 5.18. The maximum Gasteiger partial charge on any atom is 0.261 e. The molecule has 0 unspecified atom stereocenters. The topological polar surface area (TPSA) is 46.2 Å². The van der Waals surface area contributed by atoms with E-state index in [0.717, 1.165) is 12.1 Å². The van der Waals surface area contributed by atoms with Gasteiger partial charge in [0.25, 0.3) is 10.0 Å². The molecule has 134 valence electrons. The summed E-state index contributed by atoms with van der Waals surface area (Å²) in [7, 11) is -3.99. The number of nitrogens with one attached hydrogen (secondary N) is 1. The predicted octanol–water partition coefficient (Wildman–Crippen LogP) is 5.74. The normalized spacial score (nSPS) is 11.4. The van der Waals surface area contributed by atoms with E-state index in [1.165, 1.54) is 36.4 Å². The molecule has 3 rings (SSSR count). The van der Waals surface area contributed by atoms with Gasteiger partial charge >= 0.3 is 0 Å². The van der Waals surface area contributed by atoms with Crippen LogP contribution in [-0.2, 0) is 10.0 Å². The zero-order valence-corrected chi connectivity index (χ0v) is 15.3. The van der Waals surface area contributed by atoms with Crippen molar-refractivity contribution in [1.82, 2.24) is 0 Å². The van der Waals surface area contributed by atoms with Crippen LogP contribution in [0.2, 0.25) is 10.0 Å². The van der Waals surface area contributed by atoms with Crippen LogP contribution in [0.4, 0.5) is 14.5 Å². The van der Waals surface area contributed by atoms with Crippen LogP contribution in [0.25, 0.3) is 11.1 Å². The number of para-hydroxylation sites is 1. The number of halogens is 4. The summed E-state index contributed by atoms with van der Waals surface area (Å²) in [6, 6.07) is 13.2. The lowest BCUT2D eigenvalue weighted by atomic mass is 10.0. The molecule has 3 nitrogen and oxygen atoms in total. The number of benzene rings is 3. The number of hydrogen-bond donors (Lipinski definition) is 1. The molecule has 0 saturated carbocycles. The van der Waals surface area contributed by atoms with Crippen LogP contribution in [0.5, 0.6) is 0 Å². The minimum Gasteiger partial charge on any atom is -0.279 e. The van der Waals surface area contributed by atoms with E-state index in [2.05, 4.69) is 4.72 Å². The van der Waals surface area contributed by atoms with Gasteiger partial charge in [0.2, 0.25) is 0 Å². The van der Waals surface area contributed by atoms with Crippen molar-refractivity contribution in [2.45, 2.75) is 4.90 Å². The average Bonchev–Trinajstić information content (AvgIpc) is 2.58. The first-order valence-corrected chi connectivity index (χ1v) is 9.54. The van der Waals surface area contributed by atoms with Crippen molar-refractivity contribution in [1.29, 1.82) is 0 Å². The van der Waals surface area contributed by atoms with E-state index in [-0.39, 0.29) is 31.8 Å². The smallest absolute Gasteiger partial charge is 0.261 e. The molecule has 3 aromatic rings. The third-order valence-corrected chi connectivity index (χ3v) is 5.70. The van der Waals surface area contributed by atoms with Crippen molar-refractivity contribution in [3.63, 3.8) is 0 Å². The van der Waals surface area contributed by atoms with Gasteiger partial charge in [-0.2, -0.15) is 0 Å². The Morgan fingerprint density at radius 3 is 2.23 bits per heavy atom. The molecule has 0 aliphatic heterocycles. The number of rotatable bonds is 4. The van der Waals surface area contributed by atoms with E-state index < -0.39 is 21.7 Å². The molecule has 1 N–H and O–H groups in total. The molecule has 0 fully saturated rings. The van der Waals surface area contributed by atoms with Crippen LogP contribution in [0, 0.1) is 11.6 Å². The highest BCUT2D eigenvalue weighted by Crippen LogP contribution is 2.32. The highest BCUT2D eigenvalue weighted by atomic mass is 35.5. The Morgan fingerprint density at radius 2 is 1.54 bits per heavy atom. The van der Waals surface area contributed by atoms with Gasteiger partial charge in [-0.3, -0.25) is 4.72 Å². The van der Waals surface area contributed by atoms with Crippen LogP contribution in [-0.4, -0.2) is 8.42 Å². The molecule has 8 heteroatoms. The highest BCUT2D eigenvalue weighted by molar-refractivity contribution is 7.92. The molecule has 0 amide bonds. The summed E-state index contributed by atoms with van der Waals surface area (Å²) in [5.74, 6) is -1.52. The van der Waals surface area contributed by atoms with Crippen LogP contribution < -0.4 is 4.72 Å². The third-order valence-electron chi connectivity index (χ3n) is 3.59. The highest BCUT2D eigenvalue weighted by Gasteiger charge is 2.19. The van der Waals surface area contributed by atoms with Gasteiger partial charge in [-0.15, -0.1) is 0 Å². The predicted molar refractivity (Wildman–Crippen MR) is 99.1 cm³/mol. The molecular weight excluding hydrogens is 403 g/mol. The monoisotopic (exact) mass is 413 g/mol. The Morgan fingerprint density at radius 1 is 0.808 bits per heavy atom. The van der Waals surface area contributed by atoms with Crippen molar-refractivity contribution in [2.24, 2.45) is 0 Å². The second-order valence-electron chi connectivity index (χ2n) is 5.35. The van der Waals surface area contributed by atoms with Crippen LogP contribution in [0.1, 0.15) is 0 Å². The van der Waals surface area contributed by atoms with E-state index in [1.54, 1.807) is 12.1 Å². The van der Waals surface area contributed by atoms with Gasteiger partial charge in [0.15, 0.2) is 0 Å². The molecular formula is C18H11Cl2F2NO2S. The van der Waals surface area contributed by atoms with Gasteiger partial charge in [0.1, 0.15) is 11.6 Å². The van der Waals surface area contributed by atoms with Crippen molar-refractivity contribution in [3.05, 3.63) is 82.3 Å². The summed E-state index contributed by atoms with van der Waals surface area (Å²) in [5.41, 5.74) is 0.483. The molecule has 0 atom stereocenters. The number of sulfonamides is 1. The van der Waals surface area contributed by atoms with Crippen LogP contribution in [0.15, 0.2) is 65.6 Å². The van der Waals surface area contributed by atoms with Gasteiger partial charge in [0, 0.05) is 17.2 Å². The fourth-order valence-corrected chi connectivity index (χ4v) is 3.83. The average molecular weight is 414 g/mol. The minimum atomic E-state index is -3.99. The molecule has 26 heavy (non-hydrogen) atoms. The van der Waals surface area contributed by atoms with E-state index in [0.29, 0.717) is 0 Å². The molecule has 0 spiro atoms. The van der Waals surface area contributed by atoms with Gasteiger partial charge in [0.05, 0.1) is 20.6 Å².